The van der Waals surface area contributed by atoms with Crippen molar-refractivity contribution in [1.29, 1.82) is 0 Å². The first-order valence-electron chi connectivity index (χ1n) is 4.77. The Hall–Kier alpha value is -0.970. The minimum Gasteiger partial charge on any atom is -0.390 e. The molecule has 16 heavy (non-hydrogen) atoms. The van der Waals surface area contributed by atoms with E-state index in [-0.39, 0.29) is 23.4 Å². The molecular weight excluding hydrogens is 235 g/mol. The predicted molar refractivity (Wildman–Crippen MR) is 58.1 cm³/mol. The fourth-order valence-electron chi connectivity index (χ4n) is 1.34. The van der Waals surface area contributed by atoms with E-state index in [4.69, 9.17) is 11.6 Å². The second kappa shape index (κ2) is 5.94. The molecular formula is C11H12ClFO3. The number of benzene rings is 1. The molecule has 0 saturated heterocycles. The third-order valence-corrected chi connectivity index (χ3v) is 2.46. The number of carbonyl (C=O) groups is 1. The maximum absolute atomic E-state index is 13.3. The number of aliphatic hydroxyl groups is 2. The summed E-state index contributed by atoms with van der Waals surface area (Å²) in [6.45, 7) is 0. The molecule has 1 aromatic rings. The molecule has 0 amide bonds. The molecule has 0 aliphatic rings. The molecule has 2 unspecified atom stereocenters. The normalized spacial score (nSPS) is 14.5. The standard InChI is InChI=1S/C11H12ClFO3/c12-4-3-10(15)11(16)8-5-7(6-14)1-2-9(8)13/h1-2,5-6,10-11,15-16H,3-4H2. The SMILES string of the molecule is O=Cc1ccc(F)c(C(O)C(O)CCCl)c1. The molecule has 2 N–H and O–H groups in total. The van der Waals surface area contributed by atoms with Gasteiger partial charge in [0.2, 0.25) is 0 Å². The van der Waals surface area contributed by atoms with Crippen LogP contribution in [-0.4, -0.2) is 28.5 Å². The van der Waals surface area contributed by atoms with Gasteiger partial charge in [0.15, 0.2) is 0 Å². The molecule has 0 saturated carbocycles. The Morgan fingerprint density at radius 2 is 2.12 bits per heavy atom. The van der Waals surface area contributed by atoms with Crippen LogP contribution in [0, 0.1) is 5.82 Å². The third kappa shape index (κ3) is 3.01. The van der Waals surface area contributed by atoms with E-state index in [1.54, 1.807) is 0 Å². The van der Waals surface area contributed by atoms with E-state index in [0.29, 0.717) is 6.29 Å². The van der Waals surface area contributed by atoms with Crippen LogP contribution in [0.2, 0.25) is 0 Å². The van der Waals surface area contributed by atoms with Crippen LogP contribution in [0.4, 0.5) is 4.39 Å². The summed E-state index contributed by atoms with van der Waals surface area (Å²) >= 11 is 5.41. The minimum absolute atomic E-state index is 0.0952. The molecule has 0 spiro atoms. The van der Waals surface area contributed by atoms with Gasteiger partial charge in [-0.1, -0.05) is 0 Å². The number of hydrogen-bond donors (Lipinski definition) is 2. The van der Waals surface area contributed by atoms with E-state index in [1.165, 1.54) is 12.1 Å². The van der Waals surface area contributed by atoms with Crippen molar-refractivity contribution >= 4 is 17.9 Å². The Morgan fingerprint density at radius 1 is 1.44 bits per heavy atom. The van der Waals surface area contributed by atoms with Gasteiger partial charge in [0.05, 0.1) is 6.10 Å². The number of aldehydes is 1. The topological polar surface area (TPSA) is 57.5 Å². The van der Waals surface area contributed by atoms with Gasteiger partial charge in [0.1, 0.15) is 18.2 Å². The van der Waals surface area contributed by atoms with Gasteiger partial charge in [-0.25, -0.2) is 4.39 Å². The molecule has 0 aromatic heterocycles. The number of hydrogen-bond acceptors (Lipinski definition) is 3. The number of alkyl halides is 1. The molecule has 0 fully saturated rings. The van der Waals surface area contributed by atoms with Crippen molar-refractivity contribution in [3.63, 3.8) is 0 Å². The van der Waals surface area contributed by atoms with Crippen LogP contribution in [-0.2, 0) is 0 Å². The van der Waals surface area contributed by atoms with E-state index in [9.17, 15) is 19.4 Å². The molecule has 0 aliphatic heterocycles. The summed E-state index contributed by atoms with van der Waals surface area (Å²) in [6, 6.07) is 3.59. The average molecular weight is 247 g/mol. The van der Waals surface area contributed by atoms with Gasteiger partial charge in [-0.2, -0.15) is 0 Å². The largest absolute Gasteiger partial charge is 0.390 e. The number of carbonyl (C=O) groups excluding carboxylic acids is 1. The lowest BCUT2D eigenvalue weighted by Gasteiger charge is -2.17. The van der Waals surface area contributed by atoms with E-state index in [1.807, 2.05) is 0 Å². The van der Waals surface area contributed by atoms with Crippen LogP contribution >= 0.6 is 11.6 Å². The summed E-state index contributed by atoms with van der Waals surface area (Å²) in [5, 5.41) is 19.1. The lowest BCUT2D eigenvalue weighted by molar-refractivity contribution is 0.0149. The Balaban J connectivity index is 2.97. The zero-order valence-electron chi connectivity index (χ0n) is 8.44. The van der Waals surface area contributed by atoms with Gasteiger partial charge in [0, 0.05) is 17.0 Å². The van der Waals surface area contributed by atoms with Crippen molar-refractivity contribution < 1.29 is 19.4 Å². The van der Waals surface area contributed by atoms with Gasteiger partial charge >= 0.3 is 0 Å². The van der Waals surface area contributed by atoms with Crippen molar-refractivity contribution in [2.24, 2.45) is 0 Å². The Morgan fingerprint density at radius 3 is 2.69 bits per heavy atom. The summed E-state index contributed by atoms with van der Waals surface area (Å²) in [5.41, 5.74) is 0.149. The smallest absolute Gasteiger partial charge is 0.150 e. The van der Waals surface area contributed by atoms with Gasteiger partial charge < -0.3 is 10.2 Å². The highest BCUT2D eigenvalue weighted by Gasteiger charge is 2.21. The fourth-order valence-corrected chi connectivity index (χ4v) is 1.56. The van der Waals surface area contributed by atoms with Crippen LogP contribution in [0.1, 0.15) is 28.4 Å². The highest BCUT2D eigenvalue weighted by Crippen LogP contribution is 2.23. The van der Waals surface area contributed by atoms with Crippen LogP contribution in [0.25, 0.3) is 0 Å². The van der Waals surface area contributed by atoms with Crippen LogP contribution in [0.15, 0.2) is 18.2 Å². The molecule has 0 bridgehead atoms. The Kier molecular flexibility index (Phi) is 4.86. The van der Waals surface area contributed by atoms with E-state index >= 15 is 0 Å². The third-order valence-electron chi connectivity index (χ3n) is 2.24. The maximum Gasteiger partial charge on any atom is 0.150 e. The Bertz CT molecular complexity index is 370. The molecule has 2 atom stereocenters. The van der Waals surface area contributed by atoms with Crippen LogP contribution in [0.3, 0.4) is 0 Å². The molecule has 1 aromatic carbocycles. The second-order valence-electron chi connectivity index (χ2n) is 3.39. The van der Waals surface area contributed by atoms with E-state index in [0.717, 1.165) is 6.07 Å². The highest BCUT2D eigenvalue weighted by atomic mass is 35.5. The van der Waals surface area contributed by atoms with E-state index < -0.39 is 18.0 Å². The molecule has 5 heteroatoms. The van der Waals surface area contributed by atoms with Gasteiger partial charge in [0.25, 0.3) is 0 Å². The van der Waals surface area contributed by atoms with Gasteiger partial charge in [-0.05, 0) is 24.6 Å². The molecule has 0 radical (unpaired) electrons. The summed E-state index contributed by atoms with van der Waals surface area (Å²) in [6.07, 6.45) is -1.83. The van der Waals surface area contributed by atoms with E-state index in [2.05, 4.69) is 0 Å². The fraction of sp³-hybridized carbons (Fsp3) is 0.364. The number of rotatable bonds is 5. The van der Waals surface area contributed by atoms with Crippen LogP contribution in [0.5, 0.6) is 0 Å². The summed E-state index contributed by atoms with van der Waals surface area (Å²) in [5.74, 6) is -0.501. The first-order chi connectivity index (χ1) is 7.60. The minimum atomic E-state index is -1.38. The summed E-state index contributed by atoms with van der Waals surface area (Å²) < 4.78 is 13.3. The Labute approximate surface area is 97.5 Å². The van der Waals surface area contributed by atoms with Crippen LogP contribution < -0.4 is 0 Å². The zero-order valence-corrected chi connectivity index (χ0v) is 9.19. The zero-order chi connectivity index (χ0) is 12.1. The van der Waals surface area contributed by atoms with Gasteiger partial charge in [-0.15, -0.1) is 11.6 Å². The monoisotopic (exact) mass is 246 g/mol. The maximum atomic E-state index is 13.3. The van der Waals surface area contributed by atoms with Crippen molar-refractivity contribution in [2.75, 3.05) is 5.88 Å². The van der Waals surface area contributed by atoms with Crippen molar-refractivity contribution in [2.45, 2.75) is 18.6 Å². The first-order valence-corrected chi connectivity index (χ1v) is 5.30. The molecule has 0 heterocycles. The summed E-state index contributed by atoms with van der Waals surface area (Å²) in [4.78, 5) is 10.5. The highest BCUT2D eigenvalue weighted by molar-refractivity contribution is 6.17. The van der Waals surface area contributed by atoms with Gasteiger partial charge in [-0.3, -0.25) is 4.79 Å². The van der Waals surface area contributed by atoms with Crippen molar-refractivity contribution in [3.8, 4) is 0 Å². The second-order valence-corrected chi connectivity index (χ2v) is 3.77. The lowest BCUT2D eigenvalue weighted by atomic mass is 10.0. The van der Waals surface area contributed by atoms with Crippen molar-refractivity contribution in [1.82, 2.24) is 0 Å². The predicted octanol–water partition coefficient (Wildman–Crippen LogP) is 1.66. The number of halogens is 2. The van der Waals surface area contributed by atoms with Crippen molar-refractivity contribution in [3.05, 3.63) is 35.1 Å². The average Bonchev–Trinajstić information content (AvgIpc) is 2.29. The number of aliphatic hydroxyl groups excluding tert-OH is 2. The summed E-state index contributed by atoms with van der Waals surface area (Å²) in [7, 11) is 0. The first kappa shape index (κ1) is 13.1. The molecule has 0 aliphatic carbocycles. The molecule has 3 nitrogen and oxygen atoms in total. The lowest BCUT2D eigenvalue weighted by Crippen LogP contribution is -2.20. The molecule has 88 valence electrons. The quantitative estimate of drug-likeness (QED) is 0.614. The molecule has 1 rings (SSSR count).